The molecule has 134 valence electrons. The van der Waals surface area contributed by atoms with Gasteiger partial charge in [-0.25, -0.2) is 0 Å². The first-order chi connectivity index (χ1) is 12.5. The lowest BCUT2D eigenvalue weighted by Gasteiger charge is -2.23. The lowest BCUT2D eigenvalue weighted by molar-refractivity contribution is -0.125. The summed E-state index contributed by atoms with van der Waals surface area (Å²) in [4.78, 5) is 26.5. The van der Waals surface area contributed by atoms with E-state index in [4.69, 9.17) is 16.3 Å². The fourth-order valence-corrected chi connectivity index (χ4v) is 4.03. The second-order valence-electron chi connectivity index (χ2n) is 6.61. The number of hydrogen-bond acceptors (Lipinski definition) is 3. The van der Waals surface area contributed by atoms with Gasteiger partial charge in [-0.3, -0.25) is 14.5 Å². The van der Waals surface area contributed by atoms with Crippen LogP contribution in [0.1, 0.15) is 23.6 Å². The van der Waals surface area contributed by atoms with Crippen LogP contribution >= 0.6 is 11.6 Å². The van der Waals surface area contributed by atoms with Gasteiger partial charge in [-0.05, 0) is 29.3 Å². The molecule has 0 radical (unpaired) electrons. The minimum atomic E-state index is -0.530. The quantitative estimate of drug-likeness (QED) is 0.903. The number of nitrogens with one attached hydrogen (secondary N) is 1. The molecule has 1 N–H and O–H groups in total. The van der Waals surface area contributed by atoms with E-state index in [1.807, 2.05) is 36.4 Å². The lowest BCUT2D eigenvalue weighted by atomic mass is 10.1. The average molecular weight is 371 g/mol. The average Bonchev–Trinajstić information content (AvgIpc) is 3.23. The van der Waals surface area contributed by atoms with Gasteiger partial charge in [0.2, 0.25) is 11.8 Å². The molecule has 26 heavy (non-hydrogen) atoms. The summed E-state index contributed by atoms with van der Waals surface area (Å²) in [5.74, 6) is 0.498. The molecule has 0 bridgehead atoms. The highest BCUT2D eigenvalue weighted by atomic mass is 35.5. The van der Waals surface area contributed by atoms with Crippen LogP contribution in [0.3, 0.4) is 0 Å². The molecule has 0 unspecified atom stereocenters. The molecule has 1 atom stereocenters. The standard InChI is InChI=1S/C20H19ClN2O3/c1-12(24)23-17-5-3-2-4-13(17)10-18(23)20(25)22-11-15-9-16(21)8-14-6-7-26-19(14)15/h2-5,8-9,18H,6-7,10-11H2,1H3,(H,22,25)/t18-/m0/s1. The molecule has 2 aromatic rings. The highest BCUT2D eigenvalue weighted by molar-refractivity contribution is 6.30. The van der Waals surface area contributed by atoms with Crippen molar-refractivity contribution >= 4 is 29.1 Å². The predicted octanol–water partition coefficient (Wildman–Crippen LogP) is 2.87. The normalized spacial score (nSPS) is 17.5. The van der Waals surface area contributed by atoms with E-state index in [0.29, 0.717) is 24.6 Å². The van der Waals surface area contributed by atoms with Crippen molar-refractivity contribution in [2.45, 2.75) is 32.4 Å². The van der Waals surface area contributed by atoms with Crippen LogP contribution in [-0.4, -0.2) is 24.5 Å². The summed E-state index contributed by atoms with van der Waals surface area (Å²) in [6.45, 7) is 2.44. The zero-order valence-electron chi connectivity index (χ0n) is 14.4. The first-order valence-corrected chi connectivity index (χ1v) is 9.02. The third-order valence-electron chi connectivity index (χ3n) is 4.90. The molecule has 4 rings (SSSR count). The number of rotatable bonds is 3. The number of fused-ring (bicyclic) bond motifs is 2. The smallest absolute Gasteiger partial charge is 0.243 e. The second kappa shape index (κ2) is 6.65. The largest absolute Gasteiger partial charge is 0.493 e. The third-order valence-corrected chi connectivity index (χ3v) is 5.11. The van der Waals surface area contributed by atoms with Crippen molar-refractivity contribution in [1.82, 2.24) is 5.32 Å². The molecule has 2 aliphatic rings. The number of nitrogens with zero attached hydrogens (tertiary/aromatic N) is 1. The first-order valence-electron chi connectivity index (χ1n) is 8.64. The van der Waals surface area contributed by atoms with Crippen molar-refractivity contribution in [1.29, 1.82) is 0 Å². The summed E-state index contributed by atoms with van der Waals surface area (Å²) in [6.07, 6.45) is 1.35. The van der Waals surface area contributed by atoms with Crippen LogP contribution in [0.15, 0.2) is 36.4 Å². The number of halogens is 1. The van der Waals surface area contributed by atoms with Crippen molar-refractivity contribution in [3.05, 3.63) is 58.1 Å². The summed E-state index contributed by atoms with van der Waals surface area (Å²) < 4.78 is 5.68. The Labute approximate surface area is 156 Å². The van der Waals surface area contributed by atoms with Crippen molar-refractivity contribution in [2.24, 2.45) is 0 Å². The SMILES string of the molecule is CC(=O)N1c2ccccc2C[C@H]1C(=O)NCc1cc(Cl)cc2c1OCC2. The molecule has 0 aliphatic carbocycles. The van der Waals surface area contributed by atoms with Gasteiger partial charge in [0.25, 0.3) is 0 Å². The number of carbonyl (C=O) groups is 2. The van der Waals surface area contributed by atoms with Crippen molar-refractivity contribution in [3.8, 4) is 5.75 Å². The molecular weight excluding hydrogens is 352 g/mol. The van der Waals surface area contributed by atoms with E-state index in [9.17, 15) is 9.59 Å². The van der Waals surface area contributed by atoms with Gasteiger partial charge in [0.15, 0.2) is 0 Å². The molecule has 0 aromatic heterocycles. The van der Waals surface area contributed by atoms with Crippen LogP contribution in [0, 0.1) is 0 Å². The monoisotopic (exact) mass is 370 g/mol. The van der Waals surface area contributed by atoms with Crippen LogP contribution in [0.2, 0.25) is 5.02 Å². The molecule has 0 saturated heterocycles. The molecule has 0 spiro atoms. The molecule has 2 amide bonds. The Bertz CT molecular complexity index is 897. The van der Waals surface area contributed by atoms with E-state index in [2.05, 4.69) is 5.32 Å². The molecule has 0 saturated carbocycles. The Morgan fingerprint density at radius 2 is 2.08 bits per heavy atom. The Morgan fingerprint density at radius 3 is 2.88 bits per heavy atom. The molecule has 6 heteroatoms. The summed E-state index contributed by atoms with van der Waals surface area (Å²) in [7, 11) is 0. The zero-order valence-corrected chi connectivity index (χ0v) is 15.2. The summed E-state index contributed by atoms with van der Waals surface area (Å²) in [5.41, 5.74) is 3.76. The number of amides is 2. The predicted molar refractivity (Wildman–Crippen MR) is 99.6 cm³/mol. The van der Waals surface area contributed by atoms with Crippen molar-refractivity contribution < 1.29 is 14.3 Å². The Kier molecular flexibility index (Phi) is 4.32. The summed E-state index contributed by atoms with van der Waals surface area (Å²) >= 11 is 6.18. The van der Waals surface area contributed by atoms with Gasteiger partial charge in [-0.2, -0.15) is 0 Å². The zero-order chi connectivity index (χ0) is 18.3. The van der Waals surface area contributed by atoms with Gasteiger partial charge in [-0.15, -0.1) is 0 Å². The lowest BCUT2D eigenvalue weighted by Crippen LogP contribution is -2.47. The number of ether oxygens (including phenoxy) is 1. The second-order valence-corrected chi connectivity index (χ2v) is 7.04. The van der Waals surface area contributed by atoms with Gasteiger partial charge >= 0.3 is 0 Å². The number of carbonyl (C=O) groups excluding carboxylic acids is 2. The van der Waals surface area contributed by atoms with E-state index >= 15 is 0 Å². The van der Waals surface area contributed by atoms with Crippen LogP contribution in [-0.2, 0) is 29.0 Å². The fraction of sp³-hybridized carbons (Fsp3) is 0.300. The van der Waals surface area contributed by atoms with Gasteiger partial charge in [0.1, 0.15) is 11.8 Å². The van der Waals surface area contributed by atoms with Gasteiger partial charge < -0.3 is 10.1 Å². The van der Waals surface area contributed by atoms with E-state index in [1.165, 1.54) is 6.92 Å². The molecule has 2 aliphatic heterocycles. The van der Waals surface area contributed by atoms with Gasteiger partial charge in [0, 0.05) is 42.6 Å². The summed E-state index contributed by atoms with van der Waals surface area (Å²) in [6, 6.07) is 10.8. The fourth-order valence-electron chi connectivity index (χ4n) is 3.76. The van der Waals surface area contributed by atoms with Crippen molar-refractivity contribution in [2.75, 3.05) is 11.5 Å². The number of hydrogen-bond donors (Lipinski definition) is 1. The minimum Gasteiger partial charge on any atom is -0.493 e. The number of anilines is 1. The van der Waals surface area contributed by atoms with Crippen LogP contribution in [0.5, 0.6) is 5.75 Å². The van der Waals surface area contributed by atoms with E-state index in [1.54, 1.807) is 4.90 Å². The Morgan fingerprint density at radius 1 is 1.27 bits per heavy atom. The number of para-hydroxylation sites is 1. The third kappa shape index (κ3) is 2.92. The van der Waals surface area contributed by atoms with Crippen LogP contribution in [0.25, 0.3) is 0 Å². The van der Waals surface area contributed by atoms with Crippen LogP contribution < -0.4 is 15.0 Å². The maximum Gasteiger partial charge on any atom is 0.243 e. The highest BCUT2D eigenvalue weighted by Gasteiger charge is 2.36. The number of benzene rings is 2. The molecule has 0 fully saturated rings. The van der Waals surface area contributed by atoms with Crippen molar-refractivity contribution in [3.63, 3.8) is 0 Å². The van der Waals surface area contributed by atoms with Crippen LogP contribution in [0.4, 0.5) is 5.69 Å². The first kappa shape index (κ1) is 16.9. The maximum atomic E-state index is 12.8. The highest BCUT2D eigenvalue weighted by Crippen LogP contribution is 2.34. The maximum absolute atomic E-state index is 12.8. The topological polar surface area (TPSA) is 58.6 Å². The molecule has 5 nitrogen and oxygen atoms in total. The summed E-state index contributed by atoms with van der Waals surface area (Å²) in [5, 5.41) is 3.58. The van der Waals surface area contributed by atoms with E-state index in [0.717, 1.165) is 34.5 Å². The molecular formula is C20H19ClN2O3. The van der Waals surface area contributed by atoms with E-state index in [-0.39, 0.29) is 11.8 Å². The van der Waals surface area contributed by atoms with E-state index < -0.39 is 6.04 Å². The Hall–Kier alpha value is -2.53. The van der Waals surface area contributed by atoms with Gasteiger partial charge in [0.05, 0.1) is 6.61 Å². The Balaban J connectivity index is 1.52. The van der Waals surface area contributed by atoms with Gasteiger partial charge in [-0.1, -0.05) is 29.8 Å². The molecule has 2 aromatic carbocycles. The minimum absolute atomic E-state index is 0.137. The molecule has 2 heterocycles.